The van der Waals surface area contributed by atoms with Crippen LogP contribution < -0.4 is 4.90 Å². The number of ketones is 1. The van der Waals surface area contributed by atoms with Crippen LogP contribution in [-0.4, -0.2) is 44.9 Å². The van der Waals surface area contributed by atoms with Gasteiger partial charge in [-0.15, -0.1) is 0 Å². The number of aryl methyl sites for hydroxylation is 1. The Bertz CT molecular complexity index is 730. The lowest BCUT2D eigenvalue weighted by Gasteiger charge is -2.21. The minimum absolute atomic E-state index is 0.0348. The van der Waals surface area contributed by atoms with Crippen LogP contribution in [0.3, 0.4) is 0 Å². The van der Waals surface area contributed by atoms with Gasteiger partial charge < -0.3 is 9.80 Å². The van der Waals surface area contributed by atoms with Gasteiger partial charge in [-0.1, -0.05) is 43.7 Å². The Kier molecular flexibility index (Phi) is 8.28. The minimum atomic E-state index is 0.0348. The van der Waals surface area contributed by atoms with Crippen LogP contribution in [0.25, 0.3) is 6.08 Å². The van der Waals surface area contributed by atoms with E-state index >= 15 is 0 Å². The number of allylic oxidation sites excluding steroid dienone is 1. The number of hydrogen-bond donors (Lipinski definition) is 0. The molecule has 2 aromatic rings. The van der Waals surface area contributed by atoms with Crippen LogP contribution >= 0.6 is 0 Å². The summed E-state index contributed by atoms with van der Waals surface area (Å²) in [5.74, 6) is 0.0348. The van der Waals surface area contributed by atoms with Crippen molar-refractivity contribution < 1.29 is 4.79 Å². The quantitative estimate of drug-likeness (QED) is 0.441. The van der Waals surface area contributed by atoms with Crippen LogP contribution in [0.2, 0.25) is 0 Å². The molecule has 0 amide bonds. The average molecular weight is 365 g/mol. The lowest BCUT2D eigenvalue weighted by molar-refractivity contribution is 0.104. The highest BCUT2D eigenvalue weighted by Gasteiger charge is 2.05. The van der Waals surface area contributed by atoms with E-state index in [1.54, 1.807) is 6.08 Å². The third-order valence-corrected chi connectivity index (χ3v) is 4.70. The van der Waals surface area contributed by atoms with Crippen LogP contribution in [-0.2, 0) is 6.42 Å². The maximum Gasteiger partial charge on any atom is 0.185 e. The van der Waals surface area contributed by atoms with Crippen molar-refractivity contribution in [3.05, 3.63) is 71.3 Å². The topological polar surface area (TPSA) is 23.6 Å². The maximum absolute atomic E-state index is 12.4. The molecule has 0 fully saturated rings. The molecule has 0 saturated carbocycles. The van der Waals surface area contributed by atoms with Crippen LogP contribution in [0.15, 0.2) is 54.6 Å². The molecule has 0 spiro atoms. The number of nitrogens with zero attached hydrogens (tertiary/aromatic N) is 2. The second-order valence-electron chi connectivity index (χ2n) is 7.31. The Balaban J connectivity index is 1.94. The number of benzene rings is 2. The minimum Gasteiger partial charge on any atom is -0.373 e. The number of hydrogen-bond acceptors (Lipinski definition) is 3. The summed E-state index contributed by atoms with van der Waals surface area (Å²) in [7, 11) is 6.21. The first kappa shape index (κ1) is 20.9. The van der Waals surface area contributed by atoms with Crippen molar-refractivity contribution in [1.29, 1.82) is 0 Å². The molecule has 0 bridgehead atoms. The first-order chi connectivity index (χ1) is 13.0. The molecule has 3 heteroatoms. The zero-order chi connectivity index (χ0) is 19.6. The molecule has 27 heavy (non-hydrogen) atoms. The van der Waals surface area contributed by atoms with E-state index < -0.39 is 0 Å². The SMILES string of the molecule is CCCCc1ccc(/C=C/C(=O)c2ccc(N(C)CCN(C)C)cc2)cc1. The standard InChI is InChI=1S/C24H32N2O/c1-5-6-7-20-8-10-21(11-9-20)12-17-24(27)22-13-15-23(16-14-22)26(4)19-18-25(2)3/h8-17H,5-7,18-19H2,1-4H3/b17-12+. The van der Waals surface area contributed by atoms with Crippen molar-refractivity contribution in [3.8, 4) is 0 Å². The lowest BCUT2D eigenvalue weighted by atomic mass is 10.0. The molecule has 144 valence electrons. The average Bonchev–Trinajstić information content (AvgIpc) is 2.69. The fourth-order valence-corrected chi connectivity index (χ4v) is 2.80. The third kappa shape index (κ3) is 7.03. The molecule has 0 aliphatic heterocycles. The molecule has 0 atom stereocenters. The molecule has 0 heterocycles. The van der Waals surface area contributed by atoms with Crippen LogP contribution in [0.1, 0.15) is 41.3 Å². The second-order valence-corrected chi connectivity index (χ2v) is 7.31. The Morgan fingerprint density at radius 1 is 0.926 bits per heavy atom. The highest BCUT2D eigenvalue weighted by molar-refractivity contribution is 6.06. The monoisotopic (exact) mass is 364 g/mol. The number of anilines is 1. The molecule has 0 aromatic heterocycles. The molecule has 2 aromatic carbocycles. The van der Waals surface area contributed by atoms with Gasteiger partial charge in [0, 0.05) is 31.4 Å². The molecule has 2 rings (SSSR count). The fraction of sp³-hybridized carbons (Fsp3) is 0.375. The molecule has 3 nitrogen and oxygen atoms in total. The van der Waals surface area contributed by atoms with Gasteiger partial charge in [0.1, 0.15) is 0 Å². The molecule has 0 saturated heterocycles. The summed E-state index contributed by atoms with van der Waals surface area (Å²) in [6, 6.07) is 16.3. The van der Waals surface area contributed by atoms with Crippen molar-refractivity contribution in [2.45, 2.75) is 26.2 Å². The van der Waals surface area contributed by atoms with Crippen LogP contribution in [0, 0.1) is 0 Å². The molecular formula is C24H32N2O. The van der Waals surface area contributed by atoms with E-state index in [1.165, 1.54) is 18.4 Å². The smallest absolute Gasteiger partial charge is 0.185 e. The van der Waals surface area contributed by atoms with E-state index in [2.05, 4.69) is 62.1 Å². The van der Waals surface area contributed by atoms with Gasteiger partial charge in [0.25, 0.3) is 0 Å². The number of carbonyl (C=O) groups is 1. The molecular weight excluding hydrogens is 332 g/mol. The summed E-state index contributed by atoms with van der Waals surface area (Å²) < 4.78 is 0. The van der Waals surface area contributed by atoms with E-state index in [4.69, 9.17) is 0 Å². The van der Waals surface area contributed by atoms with Gasteiger partial charge in [0.15, 0.2) is 5.78 Å². The zero-order valence-corrected chi connectivity index (χ0v) is 17.1. The van der Waals surface area contributed by atoms with E-state index in [1.807, 2.05) is 30.3 Å². The maximum atomic E-state index is 12.4. The van der Waals surface area contributed by atoms with Crippen molar-refractivity contribution in [2.75, 3.05) is 39.1 Å². The number of unbranched alkanes of at least 4 members (excludes halogenated alkanes) is 1. The fourth-order valence-electron chi connectivity index (χ4n) is 2.80. The molecule has 0 N–H and O–H groups in total. The normalized spacial score (nSPS) is 11.3. The summed E-state index contributed by atoms with van der Waals surface area (Å²) in [6.07, 6.45) is 7.10. The highest BCUT2D eigenvalue weighted by atomic mass is 16.1. The Morgan fingerprint density at radius 3 is 2.19 bits per heavy atom. The van der Waals surface area contributed by atoms with Crippen LogP contribution in [0.5, 0.6) is 0 Å². The van der Waals surface area contributed by atoms with E-state index in [0.717, 1.165) is 36.3 Å². The van der Waals surface area contributed by atoms with Crippen molar-refractivity contribution in [1.82, 2.24) is 4.90 Å². The van der Waals surface area contributed by atoms with Crippen molar-refractivity contribution >= 4 is 17.5 Å². The van der Waals surface area contributed by atoms with Crippen molar-refractivity contribution in [3.63, 3.8) is 0 Å². The highest BCUT2D eigenvalue weighted by Crippen LogP contribution is 2.15. The number of likely N-dealkylation sites (N-methyl/N-ethyl adjacent to an activating group) is 2. The van der Waals surface area contributed by atoms with Crippen LogP contribution in [0.4, 0.5) is 5.69 Å². The predicted octanol–water partition coefficient (Wildman–Crippen LogP) is 4.92. The zero-order valence-electron chi connectivity index (χ0n) is 17.1. The molecule has 0 unspecified atom stereocenters. The molecule has 0 radical (unpaired) electrons. The first-order valence-electron chi connectivity index (χ1n) is 9.77. The molecule has 0 aliphatic rings. The van der Waals surface area contributed by atoms with Gasteiger partial charge in [0.2, 0.25) is 0 Å². The Hall–Kier alpha value is -2.39. The third-order valence-electron chi connectivity index (χ3n) is 4.70. The largest absolute Gasteiger partial charge is 0.373 e. The number of carbonyl (C=O) groups excluding carboxylic acids is 1. The van der Waals surface area contributed by atoms with Gasteiger partial charge in [0.05, 0.1) is 0 Å². The second kappa shape index (κ2) is 10.7. The molecule has 0 aliphatic carbocycles. The predicted molar refractivity (Wildman–Crippen MR) is 117 cm³/mol. The Morgan fingerprint density at radius 2 is 1.59 bits per heavy atom. The lowest BCUT2D eigenvalue weighted by Crippen LogP contribution is -2.28. The van der Waals surface area contributed by atoms with Crippen molar-refractivity contribution in [2.24, 2.45) is 0 Å². The summed E-state index contributed by atoms with van der Waals surface area (Å²) in [6.45, 7) is 4.16. The van der Waals surface area contributed by atoms with Gasteiger partial charge in [-0.25, -0.2) is 0 Å². The first-order valence-corrected chi connectivity index (χ1v) is 9.77. The van der Waals surface area contributed by atoms with E-state index in [9.17, 15) is 4.79 Å². The van der Waals surface area contributed by atoms with E-state index in [0.29, 0.717) is 0 Å². The van der Waals surface area contributed by atoms with Gasteiger partial charge >= 0.3 is 0 Å². The number of rotatable bonds is 10. The van der Waals surface area contributed by atoms with E-state index in [-0.39, 0.29) is 5.78 Å². The summed E-state index contributed by atoms with van der Waals surface area (Å²) in [5, 5.41) is 0. The van der Waals surface area contributed by atoms with Gasteiger partial charge in [-0.3, -0.25) is 4.79 Å². The summed E-state index contributed by atoms with van der Waals surface area (Å²) >= 11 is 0. The summed E-state index contributed by atoms with van der Waals surface area (Å²) in [5.41, 5.74) is 4.26. The van der Waals surface area contributed by atoms with Gasteiger partial charge in [-0.05, 0) is 68.4 Å². The Labute approximate surface area is 164 Å². The van der Waals surface area contributed by atoms with Gasteiger partial charge in [-0.2, -0.15) is 0 Å². The summed E-state index contributed by atoms with van der Waals surface area (Å²) in [4.78, 5) is 16.8.